The Balaban J connectivity index is 1.50. The fraction of sp³-hybridized carbons (Fsp3) is 0.615. The number of amides is 1. The Morgan fingerprint density at radius 3 is 2.24 bits per heavy atom. The molecule has 0 aromatic heterocycles. The minimum Gasteiger partial charge on any atom is -0.481 e. The van der Waals surface area contributed by atoms with Crippen LogP contribution in [0.4, 0.5) is 0 Å². The van der Waals surface area contributed by atoms with Crippen LogP contribution in [-0.2, 0) is 30.5 Å². The van der Waals surface area contributed by atoms with Gasteiger partial charge >= 0.3 is 17.9 Å². The summed E-state index contributed by atoms with van der Waals surface area (Å²) in [5, 5.41) is 21.7. The lowest BCUT2D eigenvalue weighted by molar-refractivity contribution is -0.151. The number of carbonyl (C=O) groups excluding carboxylic acids is 2. The predicted octanol–water partition coefficient (Wildman–Crippen LogP) is 3.92. The zero-order chi connectivity index (χ0) is 24.6. The predicted molar refractivity (Wildman–Crippen MR) is 124 cm³/mol. The van der Waals surface area contributed by atoms with Gasteiger partial charge in [0.2, 0.25) is 5.91 Å². The second kappa shape index (κ2) is 12.0. The first kappa shape index (κ1) is 25.7. The van der Waals surface area contributed by atoms with Gasteiger partial charge in [-0.3, -0.25) is 19.2 Å². The van der Waals surface area contributed by atoms with Gasteiger partial charge in [-0.05, 0) is 56.9 Å². The molecule has 1 amide bonds. The van der Waals surface area contributed by atoms with E-state index in [2.05, 4.69) is 5.32 Å². The quantitative estimate of drug-likeness (QED) is 0.415. The van der Waals surface area contributed by atoms with Crippen molar-refractivity contribution in [3.05, 3.63) is 35.9 Å². The summed E-state index contributed by atoms with van der Waals surface area (Å²) >= 11 is 0. The fourth-order valence-corrected chi connectivity index (χ4v) is 5.32. The maximum atomic E-state index is 13.3. The number of ether oxygens (including phenoxy) is 1. The van der Waals surface area contributed by atoms with Crippen molar-refractivity contribution < 1.29 is 34.1 Å². The van der Waals surface area contributed by atoms with Crippen molar-refractivity contribution in [1.82, 2.24) is 5.32 Å². The summed E-state index contributed by atoms with van der Waals surface area (Å²) in [6.07, 6.45) is 5.56. The molecule has 186 valence electrons. The van der Waals surface area contributed by atoms with Gasteiger partial charge in [-0.1, -0.05) is 43.2 Å². The van der Waals surface area contributed by atoms with Crippen LogP contribution in [0.15, 0.2) is 30.3 Å². The summed E-state index contributed by atoms with van der Waals surface area (Å²) in [5.74, 6) is -3.44. The van der Waals surface area contributed by atoms with Crippen LogP contribution in [0.5, 0.6) is 0 Å². The fourth-order valence-electron chi connectivity index (χ4n) is 5.32. The minimum absolute atomic E-state index is 0.0237. The molecule has 1 unspecified atom stereocenters. The summed E-state index contributed by atoms with van der Waals surface area (Å²) in [6, 6.07) is 9.49. The van der Waals surface area contributed by atoms with Gasteiger partial charge in [-0.25, -0.2) is 0 Å². The smallest absolute Gasteiger partial charge is 0.309 e. The molecule has 0 radical (unpaired) electrons. The first-order valence-corrected chi connectivity index (χ1v) is 12.3. The average Bonchev–Trinajstić information content (AvgIpc) is 3.31. The van der Waals surface area contributed by atoms with Crippen molar-refractivity contribution >= 4 is 23.8 Å². The normalized spacial score (nSPS) is 22.5. The van der Waals surface area contributed by atoms with Crippen molar-refractivity contribution in [3.8, 4) is 0 Å². The molecule has 0 aliphatic heterocycles. The second-order valence-electron chi connectivity index (χ2n) is 9.77. The number of carbonyl (C=O) groups is 4. The largest absolute Gasteiger partial charge is 0.481 e. The number of carboxylic acid groups (broad SMARTS) is 2. The summed E-state index contributed by atoms with van der Waals surface area (Å²) in [7, 11) is 0. The van der Waals surface area contributed by atoms with Crippen molar-refractivity contribution in [1.29, 1.82) is 0 Å². The molecule has 1 aromatic rings. The molecule has 3 N–H and O–H groups in total. The maximum absolute atomic E-state index is 13.3. The highest BCUT2D eigenvalue weighted by molar-refractivity contribution is 5.84. The number of benzene rings is 1. The van der Waals surface area contributed by atoms with E-state index in [-0.39, 0.29) is 49.7 Å². The highest BCUT2D eigenvalue weighted by atomic mass is 16.5. The Labute approximate surface area is 200 Å². The average molecular weight is 474 g/mol. The summed E-state index contributed by atoms with van der Waals surface area (Å²) < 4.78 is 5.46. The molecule has 0 heterocycles. The number of carboxylic acids is 2. The topological polar surface area (TPSA) is 130 Å². The Hall–Kier alpha value is -2.90. The molecule has 0 bridgehead atoms. The minimum atomic E-state index is -1.05. The molecule has 0 spiro atoms. The zero-order valence-electron chi connectivity index (χ0n) is 19.5. The lowest BCUT2D eigenvalue weighted by Gasteiger charge is -2.34. The van der Waals surface area contributed by atoms with Crippen LogP contribution in [0, 0.1) is 17.3 Å². The van der Waals surface area contributed by atoms with Crippen LogP contribution in [-0.4, -0.2) is 40.1 Å². The number of nitrogens with one attached hydrogen (secondary N) is 1. The molecule has 3 rings (SSSR count). The van der Waals surface area contributed by atoms with E-state index >= 15 is 0 Å². The first-order chi connectivity index (χ1) is 16.3. The monoisotopic (exact) mass is 473 g/mol. The molecule has 2 fully saturated rings. The Bertz CT molecular complexity index is 855. The van der Waals surface area contributed by atoms with Crippen LogP contribution in [0.3, 0.4) is 0 Å². The van der Waals surface area contributed by atoms with Crippen molar-refractivity contribution in [2.24, 2.45) is 17.3 Å². The maximum Gasteiger partial charge on any atom is 0.309 e. The molecule has 2 aliphatic carbocycles. The van der Waals surface area contributed by atoms with E-state index < -0.39 is 23.3 Å². The number of aliphatic carboxylic acids is 2. The van der Waals surface area contributed by atoms with Crippen LogP contribution in [0.2, 0.25) is 0 Å². The Morgan fingerprint density at radius 2 is 1.65 bits per heavy atom. The highest BCUT2D eigenvalue weighted by Crippen LogP contribution is 2.44. The standard InChI is InChI=1S/C26H35NO7/c28-22(29)13-10-20(23(30)31)16-26(14-4-5-15-26)25(33)27-21-11-8-19(9-12-21)24(32)34-17-18-6-2-1-3-7-18/h1-3,6-7,19-21H,4-5,8-17H2,(H,27,33)(H,28,29)(H,30,31). The van der Waals surface area contributed by atoms with Crippen molar-refractivity contribution in [3.63, 3.8) is 0 Å². The molecule has 8 nitrogen and oxygen atoms in total. The second-order valence-corrected chi connectivity index (χ2v) is 9.77. The van der Waals surface area contributed by atoms with Crippen LogP contribution in [0.1, 0.15) is 76.2 Å². The van der Waals surface area contributed by atoms with E-state index in [0.717, 1.165) is 18.4 Å². The van der Waals surface area contributed by atoms with Crippen molar-refractivity contribution in [2.45, 2.75) is 83.3 Å². The lowest BCUT2D eigenvalue weighted by atomic mass is 9.75. The van der Waals surface area contributed by atoms with E-state index in [1.165, 1.54) is 0 Å². The molecule has 2 saturated carbocycles. The van der Waals surface area contributed by atoms with Gasteiger partial charge in [0.1, 0.15) is 6.61 Å². The zero-order valence-corrected chi connectivity index (χ0v) is 19.5. The van der Waals surface area contributed by atoms with Crippen LogP contribution in [0.25, 0.3) is 0 Å². The van der Waals surface area contributed by atoms with Gasteiger partial charge in [0.15, 0.2) is 0 Å². The SMILES string of the molecule is O=C(O)CCC(CC1(C(=O)NC2CCC(C(=O)OCc3ccccc3)CC2)CCCC1)C(=O)O. The van der Waals surface area contributed by atoms with Gasteiger partial charge in [0.25, 0.3) is 0 Å². The van der Waals surface area contributed by atoms with Gasteiger partial charge in [-0.15, -0.1) is 0 Å². The summed E-state index contributed by atoms with van der Waals surface area (Å²) in [4.78, 5) is 48.4. The summed E-state index contributed by atoms with van der Waals surface area (Å²) in [6.45, 7) is 0.255. The van der Waals surface area contributed by atoms with Gasteiger partial charge in [-0.2, -0.15) is 0 Å². The van der Waals surface area contributed by atoms with E-state index in [0.29, 0.717) is 38.5 Å². The third kappa shape index (κ3) is 7.05. The van der Waals surface area contributed by atoms with Gasteiger partial charge < -0.3 is 20.3 Å². The molecule has 0 saturated heterocycles. The molecule has 1 aromatic carbocycles. The van der Waals surface area contributed by atoms with E-state index in [1.807, 2.05) is 30.3 Å². The number of hydrogen-bond acceptors (Lipinski definition) is 5. The molecule has 8 heteroatoms. The molecular formula is C26H35NO7. The van der Waals surface area contributed by atoms with Gasteiger partial charge in [0.05, 0.1) is 17.3 Å². The summed E-state index contributed by atoms with van der Waals surface area (Å²) in [5.41, 5.74) is 0.189. The highest BCUT2D eigenvalue weighted by Gasteiger charge is 2.45. The lowest BCUT2D eigenvalue weighted by Crippen LogP contribution is -2.47. The number of hydrogen-bond donors (Lipinski definition) is 3. The molecule has 1 atom stereocenters. The molecule has 2 aliphatic rings. The molecular weight excluding hydrogens is 438 g/mol. The van der Waals surface area contributed by atoms with Crippen LogP contribution >= 0.6 is 0 Å². The van der Waals surface area contributed by atoms with E-state index in [4.69, 9.17) is 9.84 Å². The van der Waals surface area contributed by atoms with E-state index in [1.54, 1.807) is 0 Å². The third-order valence-corrected chi connectivity index (χ3v) is 7.36. The Kier molecular flexibility index (Phi) is 9.07. The van der Waals surface area contributed by atoms with Crippen LogP contribution < -0.4 is 5.32 Å². The van der Waals surface area contributed by atoms with Gasteiger partial charge in [0, 0.05) is 12.5 Å². The third-order valence-electron chi connectivity index (χ3n) is 7.36. The first-order valence-electron chi connectivity index (χ1n) is 12.3. The number of esters is 1. The van der Waals surface area contributed by atoms with Crippen molar-refractivity contribution in [2.75, 3.05) is 0 Å². The number of rotatable bonds is 11. The molecule has 34 heavy (non-hydrogen) atoms. The van der Waals surface area contributed by atoms with E-state index in [9.17, 15) is 24.3 Å². The Morgan fingerprint density at radius 1 is 1.00 bits per heavy atom.